The zero-order chi connectivity index (χ0) is 12.8. The first-order chi connectivity index (χ1) is 8.83. The first-order valence-electron chi connectivity index (χ1n) is 5.55. The predicted octanol–water partition coefficient (Wildman–Crippen LogP) is 2.83. The summed E-state index contributed by atoms with van der Waals surface area (Å²) in [6.45, 7) is 0. The monoisotopic (exact) mass is 239 g/mol. The first kappa shape index (κ1) is 12.0. The standard InChI is InChI=1S/C15H13NO2/c1-18-15-6-2-4-12(9-15)8-14(11-17)13-5-3-7-16-10-13/h2-11H,1H3. The Kier molecular flexibility index (Phi) is 3.86. The third-order valence-electron chi connectivity index (χ3n) is 2.54. The Bertz CT molecular complexity index is 562. The van der Waals surface area contributed by atoms with Crippen LogP contribution in [0.4, 0.5) is 0 Å². The molecule has 3 nitrogen and oxygen atoms in total. The van der Waals surface area contributed by atoms with Crippen molar-refractivity contribution in [1.82, 2.24) is 4.98 Å². The molecule has 90 valence electrons. The average molecular weight is 239 g/mol. The van der Waals surface area contributed by atoms with E-state index in [0.29, 0.717) is 5.57 Å². The summed E-state index contributed by atoms with van der Waals surface area (Å²) in [6.07, 6.45) is 5.99. The van der Waals surface area contributed by atoms with E-state index >= 15 is 0 Å². The lowest BCUT2D eigenvalue weighted by atomic mass is 10.1. The number of ether oxygens (including phenoxy) is 1. The van der Waals surface area contributed by atoms with Gasteiger partial charge in [0, 0.05) is 23.5 Å². The van der Waals surface area contributed by atoms with Gasteiger partial charge in [0.05, 0.1) is 7.11 Å². The number of hydrogen-bond donors (Lipinski definition) is 0. The number of pyridine rings is 1. The van der Waals surface area contributed by atoms with Crippen LogP contribution in [-0.2, 0) is 4.79 Å². The molecule has 0 spiro atoms. The highest BCUT2D eigenvalue weighted by Gasteiger charge is 2.01. The number of carbonyl (C=O) groups excluding carboxylic acids is 1. The maximum atomic E-state index is 11.1. The van der Waals surface area contributed by atoms with Gasteiger partial charge in [-0.1, -0.05) is 18.2 Å². The van der Waals surface area contributed by atoms with E-state index in [-0.39, 0.29) is 0 Å². The van der Waals surface area contributed by atoms with Crippen LogP contribution in [0.25, 0.3) is 11.6 Å². The summed E-state index contributed by atoms with van der Waals surface area (Å²) in [5.74, 6) is 0.764. The molecule has 18 heavy (non-hydrogen) atoms. The van der Waals surface area contributed by atoms with Crippen molar-refractivity contribution in [2.75, 3.05) is 7.11 Å². The smallest absolute Gasteiger partial charge is 0.150 e. The Hall–Kier alpha value is -2.42. The van der Waals surface area contributed by atoms with Crippen LogP contribution >= 0.6 is 0 Å². The molecule has 0 fully saturated rings. The molecule has 0 N–H and O–H groups in total. The van der Waals surface area contributed by atoms with Crippen molar-refractivity contribution in [3.8, 4) is 5.75 Å². The molecule has 0 atom stereocenters. The second kappa shape index (κ2) is 5.77. The molecular weight excluding hydrogens is 226 g/mol. The molecule has 0 aliphatic heterocycles. The Morgan fingerprint density at radius 1 is 1.28 bits per heavy atom. The van der Waals surface area contributed by atoms with Crippen molar-refractivity contribution in [2.24, 2.45) is 0 Å². The highest BCUT2D eigenvalue weighted by molar-refractivity contribution is 6.13. The SMILES string of the molecule is COc1cccc(C=C(C=O)c2cccnc2)c1. The van der Waals surface area contributed by atoms with Crippen molar-refractivity contribution in [2.45, 2.75) is 0 Å². The van der Waals surface area contributed by atoms with Gasteiger partial charge in [-0.2, -0.15) is 0 Å². The molecule has 1 heterocycles. The van der Waals surface area contributed by atoms with Gasteiger partial charge in [-0.3, -0.25) is 9.78 Å². The van der Waals surface area contributed by atoms with Gasteiger partial charge in [-0.15, -0.1) is 0 Å². The van der Waals surface area contributed by atoms with Gasteiger partial charge in [0.1, 0.15) is 5.75 Å². The van der Waals surface area contributed by atoms with Gasteiger partial charge in [0.2, 0.25) is 0 Å². The molecule has 0 bridgehead atoms. The van der Waals surface area contributed by atoms with Gasteiger partial charge >= 0.3 is 0 Å². The number of aldehydes is 1. The quantitative estimate of drug-likeness (QED) is 0.608. The van der Waals surface area contributed by atoms with E-state index in [9.17, 15) is 4.79 Å². The summed E-state index contributed by atoms with van der Waals surface area (Å²) < 4.78 is 5.15. The topological polar surface area (TPSA) is 39.2 Å². The molecule has 0 aliphatic carbocycles. The normalized spacial score (nSPS) is 11.1. The maximum absolute atomic E-state index is 11.1. The summed E-state index contributed by atoms with van der Waals surface area (Å²) in [5.41, 5.74) is 2.31. The van der Waals surface area contributed by atoms with E-state index in [2.05, 4.69) is 4.98 Å². The Morgan fingerprint density at radius 2 is 2.17 bits per heavy atom. The third kappa shape index (κ3) is 2.83. The Balaban J connectivity index is 2.38. The van der Waals surface area contributed by atoms with Gasteiger partial charge in [-0.25, -0.2) is 0 Å². The number of hydrogen-bond acceptors (Lipinski definition) is 3. The van der Waals surface area contributed by atoms with Crippen LogP contribution in [0.2, 0.25) is 0 Å². The van der Waals surface area contributed by atoms with Crippen molar-refractivity contribution < 1.29 is 9.53 Å². The lowest BCUT2D eigenvalue weighted by molar-refractivity contribution is -0.103. The fraction of sp³-hybridized carbons (Fsp3) is 0.0667. The fourth-order valence-electron chi connectivity index (χ4n) is 1.63. The minimum Gasteiger partial charge on any atom is -0.497 e. The van der Waals surface area contributed by atoms with E-state index in [1.807, 2.05) is 36.4 Å². The maximum Gasteiger partial charge on any atom is 0.150 e. The van der Waals surface area contributed by atoms with Crippen LogP contribution in [0.15, 0.2) is 48.8 Å². The summed E-state index contributed by atoms with van der Waals surface area (Å²) in [6, 6.07) is 11.2. The zero-order valence-corrected chi connectivity index (χ0v) is 10.0. The molecule has 1 aromatic heterocycles. The molecule has 0 unspecified atom stereocenters. The van der Waals surface area contributed by atoms with Crippen molar-refractivity contribution in [1.29, 1.82) is 0 Å². The number of methoxy groups -OCH3 is 1. The van der Waals surface area contributed by atoms with Crippen LogP contribution in [0.3, 0.4) is 0 Å². The minimum absolute atomic E-state index is 0.594. The highest BCUT2D eigenvalue weighted by atomic mass is 16.5. The molecule has 0 aliphatic rings. The van der Waals surface area contributed by atoms with Crippen molar-refractivity contribution in [3.63, 3.8) is 0 Å². The molecule has 2 aromatic rings. The van der Waals surface area contributed by atoms with Crippen LogP contribution in [0.1, 0.15) is 11.1 Å². The summed E-state index contributed by atoms with van der Waals surface area (Å²) in [4.78, 5) is 15.1. The number of allylic oxidation sites excluding steroid dienone is 1. The van der Waals surface area contributed by atoms with Crippen LogP contribution < -0.4 is 4.74 Å². The number of benzene rings is 1. The highest BCUT2D eigenvalue weighted by Crippen LogP contribution is 2.18. The second-order valence-corrected chi connectivity index (χ2v) is 3.74. The van der Waals surface area contributed by atoms with Crippen molar-refractivity contribution >= 4 is 17.9 Å². The molecule has 0 saturated heterocycles. The molecule has 3 heteroatoms. The van der Waals surface area contributed by atoms with Crippen LogP contribution in [0.5, 0.6) is 5.75 Å². The third-order valence-corrected chi connectivity index (χ3v) is 2.54. The number of carbonyl (C=O) groups is 1. The Morgan fingerprint density at radius 3 is 2.83 bits per heavy atom. The van der Waals surface area contributed by atoms with Gasteiger partial charge in [-0.05, 0) is 29.8 Å². The largest absolute Gasteiger partial charge is 0.497 e. The fourth-order valence-corrected chi connectivity index (χ4v) is 1.63. The molecule has 1 aromatic carbocycles. The summed E-state index contributed by atoms with van der Waals surface area (Å²) in [5, 5.41) is 0. The number of nitrogens with zero attached hydrogens (tertiary/aromatic N) is 1. The number of rotatable bonds is 4. The predicted molar refractivity (Wildman–Crippen MR) is 71.2 cm³/mol. The lowest BCUT2D eigenvalue weighted by Gasteiger charge is -2.02. The summed E-state index contributed by atoms with van der Waals surface area (Å²) >= 11 is 0. The van der Waals surface area contributed by atoms with E-state index in [4.69, 9.17) is 4.74 Å². The van der Waals surface area contributed by atoms with Crippen LogP contribution in [0, 0.1) is 0 Å². The van der Waals surface area contributed by atoms with E-state index < -0.39 is 0 Å². The molecule has 0 radical (unpaired) electrons. The van der Waals surface area contributed by atoms with Gasteiger partial charge in [0.25, 0.3) is 0 Å². The van der Waals surface area contributed by atoms with Gasteiger partial charge in [0.15, 0.2) is 6.29 Å². The summed E-state index contributed by atoms with van der Waals surface area (Å²) in [7, 11) is 1.62. The zero-order valence-electron chi connectivity index (χ0n) is 10.0. The second-order valence-electron chi connectivity index (χ2n) is 3.74. The lowest BCUT2D eigenvalue weighted by Crippen LogP contribution is -1.88. The van der Waals surface area contributed by atoms with Crippen LogP contribution in [-0.4, -0.2) is 18.4 Å². The molecule has 2 rings (SSSR count). The molecule has 0 amide bonds. The van der Waals surface area contributed by atoms with E-state index in [1.165, 1.54) is 0 Å². The van der Waals surface area contributed by atoms with E-state index in [0.717, 1.165) is 23.2 Å². The Labute approximate surface area is 106 Å². The average Bonchev–Trinajstić information content (AvgIpc) is 2.46. The molecular formula is C15H13NO2. The minimum atomic E-state index is 0.594. The number of aromatic nitrogens is 1. The van der Waals surface area contributed by atoms with E-state index in [1.54, 1.807) is 25.6 Å². The molecule has 0 saturated carbocycles. The van der Waals surface area contributed by atoms with Crippen molar-refractivity contribution in [3.05, 3.63) is 59.9 Å². The first-order valence-corrected chi connectivity index (χ1v) is 5.55. The van der Waals surface area contributed by atoms with Gasteiger partial charge < -0.3 is 4.74 Å².